The summed E-state index contributed by atoms with van der Waals surface area (Å²) in [7, 11) is 0. The topological polar surface area (TPSA) is 66.4 Å². The van der Waals surface area contributed by atoms with E-state index in [-0.39, 0.29) is 11.6 Å². The molecule has 1 amide bonds. The molecule has 1 fully saturated rings. The van der Waals surface area contributed by atoms with E-state index in [0.29, 0.717) is 6.42 Å². The predicted octanol–water partition coefficient (Wildman–Crippen LogP) is 2.84. The molecule has 0 aromatic carbocycles. The Kier molecular flexibility index (Phi) is 6.47. The summed E-state index contributed by atoms with van der Waals surface area (Å²) in [5, 5.41) is 11.2. The lowest BCUT2D eigenvalue weighted by Gasteiger charge is -2.21. The summed E-state index contributed by atoms with van der Waals surface area (Å²) in [6.45, 7) is 1.60. The van der Waals surface area contributed by atoms with E-state index in [4.69, 9.17) is 5.11 Å². The molecule has 4 nitrogen and oxygen atoms in total. The number of rotatable bonds is 6. The number of allylic oxidation sites excluding steroid dienone is 1. The third-order valence-electron chi connectivity index (χ3n) is 3.53. The average Bonchev–Trinajstić information content (AvgIpc) is 2.37. The molecule has 1 aliphatic rings. The van der Waals surface area contributed by atoms with Crippen LogP contribution >= 0.6 is 0 Å². The minimum Gasteiger partial charge on any atom is -0.477 e. The van der Waals surface area contributed by atoms with Gasteiger partial charge in [0.25, 0.3) is 0 Å². The molecule has 0 spiro atoms. The number of hydrogen-bond acceptors (Lipinski definition) is 2. The molecular weight excluding hydrogens is 230 g/mol. The molecule has 0 atom stereocenters. The van der Waals surface area contributed by atoms with Crippen LogP contribution in [0.3, 0.4) is 0 Å². The quantitative estimate of drug-likeness (QED) is 0.715. The zero-order valence-corrected chi connectivity index (χ0v) is 11.1. The highest BCUT2D eigenvalue weighted by Crippen LogP contribution is 2.27. The maximum absolute atomic E-state index is 11.5. The van der Waals surface area contributed by atoms with Crippen LogP contribution in [0.1, 0.15) is 58.3 Å². The largest absolute Gasteiger partial charge is 0.477 e. The molecule has 18 heavy (non-hydrogen) atoms. The van der Waals surface area contributed by atoms with Gasteiger partial charge in [0.1, 0.15) is 5.70 Å². The van der Waals surface area contributed by atoms with Gasteiger partial charge in [0, 0.05) is 6.42 Å². The van der Waals surface area contributed by atoms with Crippen LogP contribution < -0.4 is 5.32 Å². The summed E-state index contributed by atoms with van der Waals surface area (Å²) >= 11 is 0. The van der Waals surface area contributed by atoms with Crippen molar-refractivity contribution < 1.29 is 14.7 Å². The molecule has 1 rings (SSSR count). The first kappa shape index (κ1) is 14.7. The fourth-order valence-corrected chi connectivity index (χ4v) is 2.49. The number of aliphatic carboxylic acids is 1. The van der Waals surface area contributed by atoms with Gasteiger partial charge in [0.05, 0.1) is 0 Å². The smallest absolute Gasteiger partial charge is 0.352 e. The standard InChI is InChI=1S/C14H23NO3/c1-2-12(14(17)18)15-13(16)10-6-9-11-7-4-3-5-8-11/h2,11H,3-10H2,1H3,(H,15,16)(H,17,18)/b12-2-. The normalized spacial score (nSPS) is 17.5. The summed E-state index contributed by atoms with van der Waals surface area (Å²) in [4.78, 5) is 22.2. The molecule has 4 heteroatoms. The molecule has 1 aliphatic carbocycles. The maximum Gasteiger partial charge on any atom is 0.352 e. The zero-order valence-electron chi connectivity index (χ0n) is 11.1. The Hall–Kier alpha value is -1.32. The first-order valence-corrected chi connectivity index (χ1v) is 6.83. The number of carbonyl (C=O) groups is 2. The van der Waals surface area contributed by atoms with Crippen molar-refractivity contribution in [3.8, 4) is 0 Å². The second-order valence-corrected chi connectivity index (χ2v) is 4.95. The van der Waals surface area contributed by atoms with Crippen LogP contribution in [0, 0.1) is 5.92 Å². The number of carbonyl (C=O) groups excluding carboxylic acids is 1. The SMILES string of the molecule is C/C=C(\NC(=O)CCCC1CCCCC1)C(=O)O. The molecule has 0 aromatic heterocycles. The van der Waals surface area contributed by atoms with Gasteiger partial charge in [-0.25, -0.2) is 4.79 Å². The van der Waals surface area contributed by atoms with Crippen LogP contribution in [0.15, 0.2) is 11.8 Å². The van der Waals surface area contributed by atoms with E-state index in [1.54, 1.807) is 6.92 Å². The number of carboxylic acids is 1. The average molecular weight is 253 g/mol. The molecule has 1 saturated carbocycles. The van der Waals surface area contributed by atoms with E-state index >= 15 is 0 Å². The lowest BCUT2D eigenvalue weighted by atomic mass is 9.86. The highest BCUT2D eigenvalue weighted by molar-refractivity contribution is 5.92. The monoisotopic (exact) mass is 253 g/mol. The second-order valence-electron chi connectivity index (χ2n) is 4.95. The van der Waals surface area contributed by atoms with Crippen molar-refractivity contribution in [1.29, 1.82) is 0 Å². The van der Waals surface area contributed by atoms with Gasteiger partial charge >= 0.3 is 5.97 Å². The van der Waals surface area contributed by atoms with Gasteiger partial charge in [0.2, 0.25) is 5.91 Å². The fraction of sp³-hybridized carbons (Fsp3) is 0.714. The number of amides is 1. The molecule has 0 bridgehead atoms. The Morgan fingerprint density at radius 2 is 1.94 bits per heavy atom. The van der Waals surface area contributed by atoms with Gasteiger partial charge in [-0.2, -0.15) is 0 Å². The Balaban J connectivity index is 2.18. The lowest BCUT2D eigenvalue weighted by Crippen LogP contribution is -2.27. The van der Waals surface area contributed by atoms with Gasteiger partial charge < -0.3 is 10.4 Å². The highest BCUT2D eigenvalue weighted by atomic mass is 16.4. The van der Waals surface area contributed by atoms with Gasteiger partial charge in [-0.15, -0.1) is 0 Å². The van der Waals surface area contributed by atoms with Crippen LogP contribution in [-0.2, 0) is 9.59 Å². The van der Waals surface area contributed by atoms with E-state index in [1.807, 2.05) is 0 Å². The first-order valence-electron chi connectivity index (χ1n) is 6.83. The zero-order chi connectivity index (χ0) is 13.4. The van der Waals surface area contributed by atoms with Crippen molar-refractivity contribution in [1.82, 2.24) is 5.32 Å². The van der Waals surface area contributed by atoms with Crippen molar-refractivity contribution in [3.05, 3.63) is 11.8 Å². The van der Waals surface area contributed by atoms with Crippen LogP contribution in [0.2, 0.25) is 0 Å². The van der Waals surface area contributed by atoms with Gasteiger partial charge in [-0.3, -0.25) is 4.79 Å². The number of carboxylic acid groups (broad SMARTS) is 1. The molecule has 0 saturated heterocycles. The first-order chi connectivity index (χ1) is 8.63. The molecular formula is C14H23NO3. The van der Waals surface area contributed by atoms with Crippen LogP contribution in [0.4, 0.5) is 0 Å². The minimum absolute atomic E-state index is 0.0299. The van der Waals surface area contributed by atoms with E-state index in [9.17, 15) is 9.59 Å². The van der Waals surface area contributed by atoms with E-state index in [0.717, 1.165) is 18.8 Å². The highest BCUT2D eigenvalue weighted by Gasteiger charge is 2.14. The van der Waals surface area contributed by atoms with Gasteiger partial charge in [0.15, 0.2) is 0 Å². The maximum atomic E-state index is 11.5. The van der Waals surface area contributed by atoms with Crippen LogP contribution in [0.5, 0.6) is 0 Å². The van der Waals surface area contributed by atoms with Crippen molar-refractivity contribution in [2.75, 3.05) is 0 Å². The Morgan fingerprint density at radius 1 is 1.28 bits per heavy atom. The molecule has 2 N–H and O–H groups in total. The van der Waals surface area contributed by atoms with Crippen LogP contribution in [0.25, 0.3) is 0 Å². The Morgan fingerprint density at radius 3 is 2.50 bits per heavy atom. The second kappa shape index (κ2) is 7.90. The molecule has 0 unspecified atom stereocenters. The fourth-order valence-electron chi connectivity index (χ4n) is 2.49. The Bertz CT molecular complexity index is 317. The summed E-state index contributed by atoms with van der Waals surface area (Å²) in [5.41, 5.74) is -0.0299. The molecule has 0 radical (unpaired) electrons. The van der Waals surface area contributed by atoms with Crippen molar-refractivity contribution >= 4 is 11.9 Å². The van der Waals surface area contributed by atoms with E-state index < -0.39 is 5.97 Å². The predicted molar refractivity (Wildman–Crippen MR) is 70.0 cm³/mol. The Labute approximate surface area is 108 Å². The van der Waals surface area contributed by atoms with Crippen LogP contribution in [-0.4, -0.2) is 17.0 Å². The third-order valence-corrected chi connectivity index (χ3v) is 3.53. The molecule has 0 aromatic rings. The molecule has 102 valence electrons. The van der Waals surface area contributed by atoms with E-state index in [1.165, 1.54) is 38.2 Å². The summed E-state index contributed by atoms with van der Waals surface area (Å²) in [6.07, 6.45) is 10.3. The van der Waals surface area contributed by atoms with Crippen molar-refractivity contribution in [2.45, 2.75) is 58.3 Å². The van der Waals surface area contributed by atoms with Crippen molar-refractivity contribution in [2.24, 2.45) is 5.92 Å². The number of nitrogens with one attached hydrogen (secondary N) is 1. The summed E-state index contributed by atoms with van der Waals surface area (Å²) < 4.78 is 0. The molecule has 0 heterocycles. The van der Waals surface area contributed by atoms with E-state index in [2.05, 4.69) is 5.32 Å². The van der Waals surface area contributed by atoms with Gasteiger partial charge in [-0.05, 0) is 25.7 Å². The van der Waals surface area contributed by atoms with Crippen molar-refractivity contribution in [3.63, 3.8) is 0 Å². The minimum atomic E-state index is -1.09. The van der Waals surface area contributed by atoms with Gasteiger partial charge in [-0.1, -0.05) is 38.2 Å². The third kappa shape index (κ3) is 5.34. The summed E-state index contributed by atoms with van der Waals surface area (Å²) in [5.74, 6) is -0.508. The lowest BCUT2D eigenvalue weighted by molar-refractivity contribution is -0.134. The summed E-state index contributed by atoms with van der Waals surface area (Å²) in [6, 6.07) is 0. The molecule has 0 aliphatic heterocycles. The number of hydrogen-bond donors (Lipinski definition) is 2.